The van der Waals surface area contributed by atoms with Crippen molar-refractivity contribution in [1.29, 1.82) is 0 Å². The molecule has 1 saturated carbocycles. The second-order valence-electron chi connectivity index (χ2n) is 7.70. The van der Waals surface area contributed by atoms with Crippen molar-refractivity contribution in [3.05, 3.63) is 36.4 Å². The fourth-order valence-electron chi connectivity index (χ4n) is 4.27. The van der Waals surface area contributed by atoms with Crippen molar-refractivity contribution in [2.45, 2.75) is 32.1 Å². The zero-order valence-electron chi connectivity index (χ0n) is 16.5. The number of piperazine rings is 1. The number of para-hydroxylation sites is 1. The van der Waals surface area contributed by atoms with E-state index >= 15 is 0 Å². The van der Waals surface area contributed by atoms with Crippen molar-refractivity contribution < 1.29 is 9.53 Å². The molecule has 0 radical (unpaired) electrons. The summed E-state index contributed by atoms with van der Waals surface area (Å²) < 4.78 is 5.41. The summed E-state index contributed by atoms with van der Waals surface area (Å²) >= 11 is 0. The molecular weight excluding hydrogens is 352 g/mol. The van der Waals surface area contributed by atoms with Crippen molar-refractivity contribution in [3.63, 3.8) is 0 Å². The molecule has 0 N–H and O–H groups in total. The van der Waals surface area contributed by atoms with Crippen molar-refractivity contribution in [3.8, 4) is 17.0 Å². The Morgan fingerprint density at radius 3 is 2.46 bits per heavy atom. The Bertz CT molecular complexity index is 794. The highest BCUT2D eigenvalue weighted by Crippen LogP contribution is 2.29. The van der Waals surface area contributed by atoms with Gasteiger partial charge in [-0.1, -0.05) is 25.0 Å². The summed E-state index contributed by atoms with van der Waals surface area (Å²) in [6.45, 7) is 3.14. The molecule has 28 heavy (non-hydrogen) atoms. The van der Waals surface area contributed by atoms with Crippen molar-refractivity contribution >= 4 is 11.7 Å². The molecule has 0 bridgehead atoms. The van der Waals surface area contributed by atoms with E-state index in [1.165, 1.54) is 25.7 Å². The van der Waals surface area contributed by atoms with Crippen LogP contribution in [-0.4, -0.2) is 54.3 Å². The number of hydrogen-bond acceptors (Lipinski definition) is 5. The molecule has 1 aliphatic carbocycles. The highest BCUT2D eigenvalue weighted by molar-refractivity contribution is 5.76. The number of benzene rings is 1. The lowest BCUT2D eigenvalue weighted by Crippen LogP contribution is -2.49. The Kier molecular flexibility index (Phi) is 5.74. The van der Waals surface area contributed by atoms with E-state index < -0.39 is 0 Å². The first-order chi connectivity index (χ1) is 13.7. The van der Waals surface area contributed by atoms with Gasteiger partial charge in [-0.15, -0.1) is 10.2 Å². The zero-order valence-corrected chi connectivity index (χ0v) is 16.5. The molecule has 6 heteroatoms. The molecule has 1 aromatic heterocycles. The lowest BCUT2D eigenvalue weighted by molar-refractivity contribution is -0.132. The van der Waals surface area contributed by atoms with Crippen molar-refractivity contribution in [1.82, 2.24) is 15.1 Å². The van der Waals surface area contributed by atoms with Crippen LogP contribution in [0.15, 0.2) is 36.4 Å². The molecule has 0 unspecified atom stereocenters. The average Bonchev–Trinajstić information content (AvgIpc) is 3.27. The van der Waals surface area contributed by atoms with E-state index in [-0.39, 0.29) is 0 Å². The minimum absolute atomic E-state index is 0.323. The maximum atomic E-state index is 12.5. The van der Waals surface area contributed by atoms with Gasteiger partial charge < -0.3 is 14.5 Å². The molecule has 1 saturated heterocycles. The van der Waals surface area contributed by atoms with Crippen LogP contribution < -0.4 is 9.64 Å². The smallest absolute Gasteiger partial charge is 0.222 e. The monoisotopic (exact) mass is 380 g/mol. The van der Waals surface area contributed by atoms with Gasteiger partial charge in [0.2, 0.25) is 5.91 Å². The van der Waals surface area contributed by atoms with Gasteiger partial charge in [-0.3, -0.25) is 4.79 Å². The quantitative estimate of drug-likeness (QED) is 0.796. The molecule has 0 atom stereocenters. The molecule has 2 fully saturated rings. The van der Waals surface area contributed by atoms with Crippen LogP contribution in [0.4, 0.5) is 5.82 Å². The lowest BCUT2D eigenvalue weighted by atomic mass is 10.0. The highest BCUT2D eigenvalue weighted by Gasteiger charge is 2.25. The number of hydrogen-bond donors (Lipinski definition) is 0. The van der Waals surface area contributed by atoms with Crippen LogP contribution in [0.2, 0.25) is 0 Å². The maximum Gasteiger partial charge on any atom is 0.222 e. The van der Waals surface area contributed by atoms with Crippen LogP contribution in [0.3, 0.4) is 0 Å². The summed E-state index contributed by atoms with van der Waals surface area (Å²) in [6, 6.07) is 11.8. The molecule has 1 amide bonds. The third-order valence-corrected chi connectivity index (χ3v) is 5.93. The number of carbonyl (C=O) groups is 1. The molecule has 1 aliphatic heterocycles. The van der Waals surface area contributed by atoms with E-state index in [0.717, 1.165) is 55.4 Å². The predicted molar refractivity (Wildman–Crippen MR) is 109 cm³/mol. The minimum Gasteiger partial charge on any atom is -0.496 e. The number of rotatable bonds is 5. The fraction of sp³-hybridized carbons (Fsp3) is 0.500. The Labute approximate surface area is 166 Å². The summed E-state index contributed by atoms with van der Waals surface area (Å²) in [5.74, 6) is 2.59. The maximum absolute atomic E-state index is 12.5. The molecule has 0 spiro atoms. The average molecular weight is 380 g/mol. The molecule has 4 rings (SSSR count). The molecule has 6 nitrogen and oxygen atoms in total. The summed E-state index contributed by atoms with van der Waals surface area (Å²) in [5, 5.41) is 8.83. The van der Waals surface area contributed by atoms with Gasteiger partial charge in [0.1, 0.15) is 5.75 Å². The summed E-state index contributed by atoms with van der Waals surface area (Å²) in [6.07, 6.45) is 5.75. The van der Waals surface area contributed by atoms with Crippen LogP contribution in [0.25, 0.3) is 11.3 Å². The van der Waals surface area contributed by atoms with Gasteiger partial charge in [0.15, 0.2) is 5.82 Å². The predicted octanol–water partition coefficient (Wildman–Crippen LogP) is 3.38. The number of carbonyl (C=O) groups excluding carboxylic acids is 1. The second-order valence-corrected chi connectivity index (χ2v) is 7.70. The lowest BCUT2D eigenvalue weighted by Gasteiger charge is -2.35. The molecule has 1 aromatic carbocycles. The Morgan fingerprint density at radius 2 is 1.79 bits per heavy atom. The van der Waals surface area contributed by atoms with Crippen molar-refractivity contribution in [2.75, 3.05) is 38.2 Å². The molecule has 2 aromatic rings. The van der Waals surface area contributed by atoms with E-state index in [9.17, 15) is 4.79 Å². The number of amides is 1. The van der Waals surface area contributed by atoms with Gasteiger partial charge >= 0.3 is 0 Å². The number of aromatic nitrogens is 2. The summed E-state index contributed by atoms with van der Waals surface area (Å²) in [5.41, 5.74) is 1.73. The van der Waals surface area contributed by atoms with Gasteiger partial charge in [0.05, 0.1) is 12.8 Å². The highest BCUT2D eigenvalue weighted by atomic mass is 16.5. The Hall–Kier alpha value is -2.63. The van der Waals surface area contributed by atoms with E-state index in [2.05, 4.69) is 15.1 Å². The SMILES string of the molecule is COc1ccccc1-c1ccc(N2CCN(C(=O)CC3CCCC3)CC2)nn1. The van der Waals surface area contributed by atoms with Crippen LogP contribution in [-0.2, 0) is 4.79 Å². The zero-order chi connectivity index (χ0) is 19.3. The van der Waals surface area contributed by atoms with Gasteiger partial charge in [0.25, 0.3) is 0 Å². The Morgan fingerprint density at radius 1 is 1.04 bits per heavy atom. The van der Waals surface area contributed by atoms with Crippen LogP contribution in [0.1, 0.15) is 32.1 Å². The fourth-order valence-corrected chi connectivity index (χ4v) is 4.27. The van der Waals surface area contributed by atoms with E-state index in [1.54, 1.807) is 7.11 Å². The summed E-state index contributed by atoms with van der Waals surface area (Å²) in [4.78, 5) is 16.8. The molecule has 2 aliphatic rings. The first-order valence-corrected chi connectivity index (χ1v) is 10.2. The first-order valence-electron chi connectivity index (χ1n) is 10.2. The minimum atomic E-state index is 0.323. The number of methoxy groups -OCH3 is 1. The molecular formula is C22H28N4O2. The number of ether oxygens (including phenoxy) is 1. The second kappa shape index (κ2) is 8.59. The topological polar surface area (TPSA) is 58.6 Å². The number of nitrogens with zero attached hydrogens (tertiary/aromatic N) is 4. The third-order valence-electron chi connectivity index (χ3n) is 5.93. The van der Waals surface area contributed by atoms with Crippen LogP contribution >= 0.6 is 0 Å². The molecule has 148 valence electrons. The van der Waals surface area contributed by atoms with Crippen LogP contribution in [0, 0.1) is 5.92 Å². The van der Waals surface area contributed by atoms with Gasteiger partial charge in [-0.25, -0.2) is 0 Å². The first kappa shape index (κ1) is 18.7. The largest absolute Gasteiger partial charge is 0.496 e. The normalized spacial score (nSPS) is 17.8. The number of anilines is 1. The van der Waals surface area contributed by atoms with Gasteiger partial charge in [-0.2, -0.15) is 0 Å². The summed E-state index contributed by atoms with van der Waals surface area (Å²) in [7, 11) is 1.66. The Balaban J connectivity index is 1.35. The molecule has 2 heterocycles. The van der Waals surface area contributed by atoms with Gasteiger partial charge in [0, 0.05) is 38.2 Å². The van der Waals surface area contributed by atoms with Crippen LogP contribution in [0.5, 0.6) is 5.75 Å². The third kappa shape index (κ3) is 4.11. The van der Waals surface area contributed by atoms with Crippen molar-refractivity contribution in [2.24, 2.45) is 5.92 Å². The van der Waals surface area contributed by atoms with Gasteiger partial charge in [-0.05, 0) is 43.0 Å². The standard InChI is InChI=1S/C22H28N4O2/c1-28-20-9-5-4-8-18(20)19-10-11-21(24-23-19)25-12-14-26(15-13-25)22(27)16-17-6-2-3-7-17/h4-5,8-11,17H,2-3,6-7,12-16H2,1H3. The van der Waals surface area contributed by atoms with E-state index in [1.807, 2.05) is 41.3 Å². The van der Waals surface area contributed by atoms with E-state index in [0.29, 0.717) is 11.8 Å². The van der Waals surface area contributed by atoms with E-state index in [4.69, 9.17) is 4.74 Å².